The second kappa shape index (κ2) is 4.97. The Kier molecular flexibility index (Phi) is 3.46. The van der Waals surface area contributed by atoms with Crippen LogP contribution in [0.4, 0.5) is 0 Å². The van der Waals surface area contributed by atoms with E-state index in [-0.39, 0.29) is 5.41 Å². The Balaban J connectivity index is 1.57. The zero-order valence-electron chi connectivity index (χ0n) is 12.3. The van der Waals surface area contributed by atoms with Gasteiger partial charge in [0.2, 0.25) is 0 Å². The Bertz CT molecular complexity index is 362. The molecule has 0 radical (unpaired) electrons. The molecule has 0 spiro atoms. The second-order valence-electron chi connectivity index (χ2n) is 7.03. The number of guanidine groups is 1. The average Bonchev–Trinajstić information content (AvgIpc) is 2.97. The van der Waals surface area contributed by atoms with Crippen LogP contribution >= 0.6 is 0 Å². The van der Waals surface area contributed by atoms with Crippen LogP contribution in [-0.4, -0.2) is 42.7 Å². The van der Waals surface area contributed by atoms with E-state index in [4.69, 9.17) is 10.5 Å². The molecule has 3 unspecified atom stereocenters. The van der Waals surface area contributed by atoms with E-state index in [1.165, 1.54) is 25.7 Å². The number of rotatable bonds is 2. The lowest BCUT2D eigenvalue weighted by molar-refractivity contribution is 0.0705. The number of nitrogens with two attached hydrogens (primary N) is 1. The molecular weight excluding hydrogens is 238 g/mol. The smallest absolute Gasteiger partial charge is 0.191 e. The third-order valence-corrected chi connectivity index (χ3v) is 5.29. The highest BCUT2D eigenvalue weighted by atomic mass is 16.5. The SMILES string of the molecule is CC1CCN(C(N)=NCC2(C)CC3CCC2O3)CC1. The third-order valence-electron chi connectivity index (χ3n) is 5.29. The highest BCUT2D eigenvalue weighted by molar-refractivity contribution is 5.78. The summed E-state index contributed by atoms with van der Waals surface area (Å²) in [5, 5.41) is 0. The number of piperidine rings is 1. The monoisotopic (exact) mass is 265 g/mol. The van der Waals surface area contributed by atoms with Gasteiger partial charge >= 0.3 is 0 Å². The molecule has 19 heavy (non-hydrogen) atoms. The van der Waals surface area contributed by atoms with Crippen molar-refractivity contribution in [3.05, 3.63) is 0 Å². The van der Waals surface area contributed by atoms with Gasteiger partial charge in [-0.05, 0) is 38.0 Å². The Morgan fingerprint density at radius 3 is 2.63 bits per heavy atom. The first-order valence-electron chi connectivity index (χ1n) is 7.77. The predicted molar refractivity (Wildman–Crippen MR) is 77.1 cm³/mol. The van der Waals surface area contributed by atoms with E-state index < -0.39 is 0 Å². The molecule has 3 saturated heterocycles. The van der Waals surface area contributed by atoms with Gasteiger partial charge < -0.3 is 15.4 Å². The fourth-order valence-corrected chi connectivity index (χ4v) is 3.79. The highest BCUT2D eigenvalue weighted by Crippen LogP contribution is 2.47. The molecule has 0 aromatic carbocycles. The van der Waals surface area contributed by atoms with Crippen LogP contribution in [0, 0.1) is 11.3 Å². The van der Waals surface area contributed by atoms with E-state index in [1.807, 2.05) is 0 Å². The van der Waals surface area contributed by atoms with E-state index in [9.17, 15) is 0 Å². The van der Waals surface area contributed by atoms with Crippen molar-refractivity contribution < 1.29 is 4.74 Å². The van der Waals surface area contributed by atoms with Gasteiger partial charge in [0, 0.05) is 18.5 Å². The standard InChI is InChI=1S/C15H27N3O/c1-11-5-7-18(8-6-11)14(16)17-10-15(2)9-12-3-4-13(15)19-12/h11-13H,3-10H2,1-2H3,(H2,16,17). The lowest BCUT2D eigenvalue weighted by Crippen LogP contribution is -2.43. The first-order valence-corrected chi connectivity index (χ1v) is 7.77. The fraction of sp³-hybridized carbons (Fsp3) is 0.933. The minimum Gasteiger partial charge on any atom is -0.374 e. The molecule has 3 rings (SSSR count). The third kappa shape index (κ3) is 2.60. The number of hydrogen-bond acceptors (Lipinski definition) is 2. The largest absolute Gasteiger partial charge is 0.374 e. The van der Waals surface area contributed by atoms with Crippen LogP contribution in [0.3, 0.4) is 0 Å². The summed E-state index contributed by atoms with van der Waals surface area (Å²) in [6.45, 7) is 7.59. The van der Waals surface area contributed by atoms with Gasteiger partial charge in [-0.25, -0.2) is 0 Å². The molecule has 4 heteroatoms. The number of ether oxygens (including phenoxy) is 1. The van der Waals surface area contributed by atoms with Crippen molar-refractivity contribution in [2.75, 3.05) is 19.6 Å². The number of likely N-dealkylation sites (tertiary alicyclic amines) is 1. The molecule has 3 fully saturated rings. The summed E-state index contributed by atoms with van der Waals surface area (Å²) in [5.74, 6) is 1.58. The molecule has 2 bridgehead atoms. The zero-order chi connectivity index (χ0) is 13.5. The van der Waals surface area contributed by atoms with Crippen LogP contribution in [0.5, 0.6) is 0 Å². The number of aliphatic imine (C=N–C) groups is 1. The molecule has 4 nitrogen and oxygen atoms in total. The number of hydrogen-bond donors (Lipinski definition) is 1. The summed E-state index contributed by atoms with van der Waals surface area (Å²) in [6, 6.07) is 0. The lowest BCUT2D eigenvalue weighted by atomic mass is 9.76. The molecule has 2 N–H and O–H groups in total. The Morgan fingerprint density at radius 1 is 1.32 bits per heavy atom. The van der Waals surface area contributed by atoms with Crippen LogP contribution in [0.1, 0.15) is 46.0 Å². The van der Waals surface area contributed by atoms with E-state index in [2.05, 4.69) is 23.7 Å². The Labute approximate surface area is 116 Å². The summed E-state index contributed by atoms with van der Waals surface area (Å²) in [4.78, 5) is 6.93. The van der Waals surface area contributed by atoms with Crippen molar-refractivity contribution in [1.29, 1.82) is 0 Å². The van der Waals surface area contributed by atoms with Crippen molar-refractivity contribution >= 4 is 5.96 Å². The summed E-state index contributed by atoms with van der Waals surface area (Å²) < 4.78 is 5.96. The van der Waals surface area contributed by atoms with Crippen LogP contribution < -0.4 is 5.73 Å². The second-order valence-corrected chi connectivity index (χ2v) is 7.03. The van der Waals surface area contributed by atoms with Crippen molar-refractivity contribution in [2.24, 2.45) is 22.1 Å². The molecule has 0 aromatic heterocycles. The first kappa shape index (κ1) is 13.2. The number of fused-ring (bicyclic) bond motifs is 2. The van der Waals surface area contributed by atoms with Crippen LogP contribution in [0.25, 0.3) is 0 Å². The molecule has 3 aliphatic heterocycles. The molecule has 3 atom stereocenters. The van der Waals surface area contributed by atoms with Gasteiger partial charge in [-0.2, -0.15) is 0 Å². The highest BCUT2D eigenvalue weighted by Gasteiger charge is 2.49. The maximum Gasteiger partial charge on any atom is 0.191 e. The van der Waals surface area contributed by atoms with Gasteiger partial charge in [-0.3, -0.25) is 4.99 Å². The lowest BCUT2D eigenvalue weighted by Gasteiger charge is -2.33. The van der Waals surface area contributed by atoms with Gasteiger partial charge in [0.25, 0.3) is 0 Å². The average molecular weight is 265 g/mol. The molecule has 108 valence electrons. The summed E-state index contributed by atoms with van der Waals surface area (Å²) >= 11 is 0. The van der Waals surface area contributed by atoms with Crippen molar-refractivity contribution in [3.63, 3.8) is 0 Å². The summed E-state index contributed by atoms with van der Waals surface area (Å²) in [6.07, 6.45) is 6.98. The molecule has 0 aromatic rings. The Morgan fingerprint density at radius 2 is 2.05 bits per heavy atom. The normalized spacial score (nSPS) is 40.1. The Hall–Kier alpha value is -0.770. The summed E-state index contributed by atoms with van der Waals surface area (Å²) in [5.41, 5.74) is 6.38. The van der Waals surface area contributed by atoms with Crippen molar-refractivity contribution in [3.8, 4) is 0 Å². The minimum absolute atomic E-state index is 0.219. The first-order chi connectivity index (χ1) is 9.07. The van der Waals surface area contributed by atoms with Crippen molar-refractivity contribution in [1.82, 2.24) is 4.90 Å². The van der Waals surface area contributed by atoms with Gasteiger partial charge in [-0.15, -0.1) is 0 Å². The maximum atomic E-state index is 6.16. The van der Waals surface area contributed by atoms with E-state index in [1.54, 1.807) is 0 Å². The van der Waals surface area contributed by atoms with Gasteiger partial charge in [0.15, 0.2) is 5.96 Å². The number of nitrogens with zero attached hydrogens (tertiary/aromatic N) is 2. The molecule has 0 aliphatic carbocycles. The molecule has 0 amide bonds. The van der Waals surface area contributed by atoms with Crippen molar-refractivity contribution in [2.45, 2.75) is 58.2 Å². The van der Waals surface area contributed by atoms with Crippen LogP contribution in [0.2, 0.25) is 0 Å². The quantitative estimate of drug-likeness (QED) is 0.613. The molecule has 0 saturated carbocycles. The predicted octanol–water partition coefficient (Wildman–Crippen LogP) is 1.99. The topological polar surface area (TPSA) is 50.8 Å². The van der Waals surface area contributed by atoms with Gasteiger partial charge in [-0.1, -0.05) is 13.8 Å². The van der Waals surface area contributed by atoms with E-state index in [0.29, 0.717) is 12.2 Å². The molecule has 3 aliphatic rings. The summed E-state index contributed by atoms with van der Waals surface area (Å²) in [7, 11) is 0. The van der Waals surface area contributed by atoms with E-state index in [0.717, 1.165) is 37.9 Å². The van der Waals surface area contributed by atoms with E-state index >= 15 is 0 Å². The zero-order valence-corrected chi connectivity index (χ0v) is 12.3. The van der Waals surface area contributed by atoms with Crippen LogP contribution in [-0.2, 0) is 4.74 Å². The van der Waals surface area contributed by atoms with Crippen LogP contribution in [0.15, 0.2) is 4.99 Å². The fourth-order valence-electron chi connectivity index (χ4n) is 3.79. The molecular formula is C15H27N3O. The maximum absolute atomic E-state index is 6.16. The minimum atomic E-state index is 0.219. The van der Waals surface area contributed by atoms with Gasteiger partial charge in [0.05, 0.1) is 18.8 Å². The van der Waals surface area contributed by atoms with Gasteiger partial charge in [0.1, 0.15) is 0 Å². The molecule has 3 heterocycles.